The summed E-state index contributed by atoms with van der Waals surface area (Å²) in [5.41, 5.74) is -0.435. The Labute approximate surface area is 126 Å². The molecule has 0 aromatic carbocycles. The third kappa shape index (κ3) is 2.61. The first-order valence-corrected chi connectivity index (χ1v) is 8.48. The van der Waals surface area contributed by atoms with Crippen LogP contribution in [-0.4, -0.2) is 23.3 Å². The van der Waals surface area contributed by atoms with Crippen molar-refractivity contribution in [3.8, 4) is 0 Å². The van der Waals surface area contributed by atoms with Crippen LogP contribution in [0, 0.1) is 0 Å². The molecule has 2 heterocycles. The Bertz CT molecular complexity index is 454. The van der Waals surface area contributed by atoms with Gasteiger partial charge in [-0.25, -0.2) is 0 Å². The van der Waals surface area contributed by atoms with E-state index in [1.807, 2.05) is 6.92 Å². The normalized spacial score (nSPS) is 28.9. The first-order valence-electron chi connectivity index (χ1n) is 8.48. The molecule has 1 N–H and O–H groups in total. The van der Waals surface area contributed by atoms with Crippen LogP contribution >= 0.6 is 0 Å². The van der Waals surface area contributed by atoms with E-state index in [2.05, 4.69) is 17.4 Å². The molecule has 0 spiro atoms. The van der Waals surface area contributed by atoms with Crippen molar-refractivity contribution in [2.45, 2.75) is 76.4 Å². The average Bonchev–Trinajstić information content (AvgIpc) is 3.19. The molecular formula is C16H27N3O2. The van der Waals surface area contributed by atoms with Gasteiger partial charge in [-0.2, -0.15) is 4.98 Å². The summed E-state index contributed by atoms with van der Waals surface area (Å²) in [5, 5.41) is 7.88. The quantitative estimate of drug-likeness (QED) is 0.903. The lowest BCUT2D eigenvalue weighted by Crippen LogP contribution is -2.37. The maximum atomic E-state index is 6.09. The Morgan fingerprint density at radius 3 is 2.57 bits per heavy atom. The van der Waals surface area contributed by atoms with Gasteiger partial charge < -0.3 is 14.6 Å². The highest BCUT2D eigenvalue weighted by Gasteiger charge is 2.43. The lowest BCUT2D eigenvalue weighted by atomic mass is 9.84. The van der Waals surface area contributed by atoms with Crippen LogP contribution in [0.2, 0.25) is 0 Å². The van der Waals surface area contributed by atoms with Crippen LogP contribution in [0.25, 0.3) is 0 Å². The summed E-state index contributed by atoms with van der Waals surface area (Å²) in [5.74, 6) is 1.52. The van der Waals surface area contributed by atoms with Crippen LogP contribution < -0.4 is 5.32 Å². The van der Waals surface area contributed by atoms with Gasteiger partial charge in [0.1, 0.15) is 5.60 Å². The second-order valence-electron chi connectivity index (χ2n) is 6.38. The zero-order valence-electron chi connectivity index (χ0n) is 13.3. The monoisotopic (exact) mass is 293 g/mol. The molecule has 1 aromatic rings. The van der Waals surface area contributed by atoms with Gasteiger partial charge in [0, 0.05) is 6.61 Å². The molecule has 5 heteroatoms. The van der Waals surface area contributed by atoms with E-state index in [0.29, 0.717) is 6.61 Å². The molecule has 21 heavy (non-hydrogen) atoms. The largest absolute Gasteiger partial charge is 0.367 e. The number of aromatic nitrogens is 2. The van der Waals surface area contributed by atoms with Gasteiger partial charge in [0.15, 0.2) is 0 Å². The van der Waals surface area contributed by atoms with E-state index < -0.39 is 0 Å². The molecule has 0 bridgehead atoms. The molecular weight excluding hydrogens is 266 g/mol. The maximum Gasteiger partial charge on any atom is 0.247 e. The summed E-state index contributed by atoms with van der Waals surface area (Å²) in [7, 11) is 0. The van der Waals surface area contributed by atoms with Gasteiger partial charge >= 0.3 is 0 Å². The lowest BCUT2D eigenvalue weighted by molar-refractivity contribution is -0.0777. The summed E-state index contributed by atoms with van der Waals surface area (Å²) in [6.07, 6.45) is 8.88. The zero-order chi connectivity index (χ0) is 14.8. The summed E-state index contributed by atoms with van der Waals surface area (Å²) < 4.78 is 11.8. The minimum Gasteiger partial charge on any atom is -0.367 e. The van der Waals surface area contributed by atoms with Crippen molar-refractivity contribution < 1.29 is 9.26 Å². The minimum atomic E-state index is -0.317. The van der Waals surface area contributed by atoms with E-state index in [4.69, 9.17) is 14.2 Å². The van der Waals surface area contributed by atoms with Crippen molar-refractivity contribution >= 4 is 0 Å². The molecule has 1 aliphatic heterocycles. The van der Waals surface area contributed by atoms with Crippen LogP contribution in [0.5, 0.6) is 0 Å². The van der Waals surface area contributed by atoms with E-state index in [1.54, 1.807) is 0 Å². The van der Waals surface area contributed by atoms with Crippen LogP contribution in [0.15, 0.2) is 4.52 Å². The second kappa shape index (κ2) is 6.05. The predicted molar refractivity (Wildman–Crippen MR) is 79.9 cm³/mol. The number of nitrogens with one attached hydrogen (secondary N) is 1. The Balaban J connectivity index is 1.88. The minimum absolute atomic E-state index is 0.118. The second-order valence-corrected chi connectivity index (χ2v) is 6.38. The molecule has 1 aromatic heterocycles. The molecule has 118 valence electrons. The summed E-state index contributed by atoms with van der Waals surface area (Å²) >= 11 is 0. The standard InChI is InChI=1S/C16H27N3O2/c1-3-15(9-8-12-17-15)14-18-13(19-21-14)16(20-4-2)10-6-5-7-11-16/h17H,3-12H2,1-2H3. The highest BCUT2D eigenvalue weighted by Crippen LogP contribution is 2.40. The predicted octanol–water partition coefficient (Wildman–Crippen LogP) is 3.25. The van der Waals surface area contributed by atoms with Gasteiger partial charge in [-0.3, -0.25) is 0 Å². The molecule has 1 aliphatic carbocycles. The SMILES string of the molecule is CCOC1(c2noc(C3(CC)CCCN3)n2)CCCCC1. The van der Waals surface area contributed by atoms with E-state index >= 15 is 0 Å². The number of ether oxygens (including phenoxy) is 1. The van der Waals surface area contributed by atoms with E-state index in [-0.39, 0.29) is 11.1 Å². The Morgan fingerprint density at radius 2 is 1.95 bits per heavy atom. The smallest absolute Gasteiger partial charge is 0.247 e. The lowest BCUT2D eigenvalue weighted by Gasteiger charge is -2.34. The molecule has 5 nitrogen and oxygen atoms in total. The van der Waals surface area contributed by atoms with Gasteiger partial charge in [0.05, 0.1) is 5.54 Å². The van der Waals surface area contributed by atoms with Crippen molar-refractivity contribution in [3.05, 3.63) is 11.7 Å². The number of rotatable bonds is 5. The maximum absolute atomic E-state index is 6.09. The van der Waals surface area contributed by atoms with Crippen molar-refractivity contribution in [2.75, 3.05) is 13.2 Å². The van der Waals surface area contributed by atoms with Crippen molar-refractivity contribution in [2.24, 2.45) is 0 Å². The van der Waals surface area contributed by atoms with E-state index in [9.17, 15) is 0 Å². The first-order chi connectivity index (χ1) is 10.2. The summed E-state index contributed by atoms with van der Waals surface area (Å²) in [6, 6.07) is 0. The van der Waals surface area contributed by atoms with E-state index in [0.717, 1.165) is 43.9 Å². The molecule has 3 rings (SSSR count). The average molecular weight is 293 g/mol. The Morgan fingerprint density at radius 1 is 1.14 bits per heavy atom. The van der Waals surface area contributed by atoms with Gasteiger partial charge in [-0.1, -0.05) is 31.3 Å². The third-order valence-electron chi connectivity index (χ3n) is 5.17. The first kappa shape index (κ1) is 15.0. The van der Waals surface area contributed by atoms with Crippen molar-refractivity contribution in [1.82, 2.24) is 15.5 Å². The molecule has 2 fully saturated rings. The number of hydrogen-bond donors (Lipinski definition) is 1. The van der Waals surface area contributed by atoms with Gasteiger partial charge in [0.2, 0.25) is 11.7 Å². The molecule has 1 saturated carbocycles. The van der Waals surface area contributed by atoms with Gasteiger partial charge in [-0.15, -0.1) is 0 Å². The van der Waals surface area contributed by atoms with Crippen LogP contribution in [0.1, 0.15) is 76.9 Å². The fraction of sp³-hybridized carbons (Fsp3) is 0.875. The van der Waals surface area contributed by atoms with Crippen LogP contribution in [0.4, 0.5) is 0 Å². The summed E-state index contributed by atoms with van der Waals surface area (Å²) in [4.78, 5) is 4.78. The molecule has 1 unspecified atom stereocenters. The van der Waals surface area contributed by atoms with Crippen molar-refractivity contribution in [1.29, 1.82) is 0 Å². The highest BCUT2D eigenvalue weighted by molar-refractivity contribution is 5.10. The van der Waals surface area contributed by atoms with Crippen molar-refractivity contribution in [3.63, 3.8) is 0 Å². The molecule has 1 saturated heterocycles. The third-order valence-corrected chi connectivity index (χ3v) is 5.17. The molecule has 0 radical (unpaired) electrons. The fourth-order valence-electron chi connectivity index (χ4n) is 3.88. The number of nitrogens with zero attached hydrogens (tertiary/aromatic N) is 2. The zero-order valence-corrected chi connectivity index (χ0v) is 13.3. The topological polar surface area (TPSA) is 60.2 Å². The fourth-order valence-corrected chi connectivity index (χ4v) is 3.88. The van der Waals surface area contributed by atoms with E-state index in [1.165, 1.54) is 25.7 Å². The Hall–Kier alpha value is -0.940. The molecule has 2 aliphatic rings. The van der Waals surface area contributed by atoms with Crippen LogP contribution in [-0.2, 0) is 15.9 Å². The van der Waals surface area contributed by atoms with Gasteiger partial charge in [-0.05, 0) is 45.6 Å². The molecule has 0 amide bonds. The van der Waals surface area contributed by atoms with Gasteiger partial charge in [0.25, 0.3) is 0 Å². The Kier molecular flexibility index (Phi) is 4.31. The molecule has 1 atom stereocenters. The number of hydrogen-bond acceptors (Lipinski definition) is 5. The summed E-state index contributed by atoms with van der Waals surface area (Å²) in [6.45, 7) is 5.95. The van der Waals surface area contributed by atoms with Crippen LogP contribution in [0.3, 0.4) is 0 Å². The highest BCUT2D eigenvalue weighted by atomic mass is 16.5.